The van der Waals surface area contributed by atoms with Crippen LogP contribution in [0.1, 0.15) is 50.7 Å². The second-order valence-corrected chi connectivity index (χ2v) is 5.12. The fourth-order valence-electron chi connectivity index (χ4n) is 3.05. The highest BCUT2D eigenvalue weighted by molar-refractivity contribution is 5.57. The minimum Gasteiger partial charge on any atom is -0.350 e. The summed E-state index contributed by atoms with van der Waals surface area (Å²) in [5, 5.41) is 0. The van der Waals surface area contributed by atoms with Gasteiger partial charge >= 0.3 is 0 Å². The lowest BCUT2D eigenvalue weighted by Crippen LogP contribution is -2.37. The first-order valence-corrected chi connectivity index (χ1v) is 6.91. The lowest BCUT2D eigenvalue weighted by atomic mass is 9.99. The van der Waals surface area contributed by atoms with Crippen LogP contribution in [-0.4, -0.2) is 12.8 Å². The second-order valence-electron chi connectivity index (χ2n) is 5.12. The minimum absolute atomic E-state index is 0.325. The normalized spacial score (nSPS) is 26.8. The predicted octanol–water partition coefficient (Wildman–Crippen LogP) is 3.87. The number of hydrogen-bond acceptors (Lipinski definition) is 2. The Morgan fingerprint density at radius 2 is 2.24 bits per heavy atom. The van der Waals surface area contributed by atoms with Crippen molar-refractivity contribution in [1.82, 2.24) is 0 Å². The van der Waals surface area contributed by atoms with E-state index in [1.54, 1.807) is 0 Å². The molecule has 0 bridgehead atoms. The molecule has 2 atom stereocenters. The molecule has 2 heteroatoms. The van der Waals surface area contributed by atoms with E-state index in [-0.39, 0.29) is 0 Å². The van der Waals surface area contributed by atoms with Crippen molar-refractivity contribution in [2.24, 2.45) is 0 Å². The molecule has 2 unspecified atom stereocenters. The number of benzene rings is 1. The van der Waals surface area contributed by atoms with Crippen LogP contribution in [-0.2, 0) is 4.74 Å². The summed E-state index contributed by atoms with van der Waals surface area (Å²) in [6.07, 6.45) is 6.79. The highest BCUT2D eigenvalue weighted by Gasteiger charge is 2.35. The predicted molar refractivity (Wildman–Crippen MR) is 70.2 cm³/mol. The van der Waals surface area contributed by atoms with Gasteiger partial charge in [-0.1, -0.05) is 38.0 Å². The van der Waals surface area contributed by atoms with Crippen LogP contribution in [0.5, 0.6) is 0 Å². The average molecular weight is 231 g/mol. The first-order valence-electron chi connectivity index (χ1n) is 6.91. The number of nitrogens with zero attached hydrogens (tertiary/aromatic N) is 1. The second kappa shape index (κ2) is 4.69. The van der Waals surface area contributed by atoms with Gasteiger partial charge in [0.25, 0.3) is 0 Å². The first kappa shape index (κ1) is 11.1. The largest absolute Gasteiger partial charge is 0.350 e. The molecule has 1 aromatic rings. The summed E-state index contributed by atoms with van der Waals surface area (Å²) >= 11 is 0. The molecule has 2 aliphatic rings. The van der Waals surface area contributed by atoms with Crippen LogP contribution in [0.4, 0.5) is 5.69 Å². The van der Waals surface area contributed by atoms with Crippen molar-refractivity contribution >= 4 is 5.69 Å². The monoisotopic (exact) mass is 231 g/mol. The molecule has 2 heterocycles. The number of hydrogen-bond donors (Lipinski definition) is 0. The molecule has 0 aliphatic carbocycles. The quantitative estimate of drug-likeness (QED) is 0.783. The summed E-state index contributed by atoms with van der Waals surface area (Å²) in [5.74, 6) is 0. The first-order chi connectivity index (χ1) is 8.40. The van der Waals surface area contributed by atoms with Crippen molar-refractivity contribution in [1.29, 1.82) is 0 Å². The molecule has 92 valence electrons. The summed E-state index contributed by atoms with van der Waals surface area (Å²) in [5.41, 5.74) is 2.82. The van der Waals surface area contributed by atoms with E-state index in [0.717, 1.165) is 13.0 Å². The fourth-order valence-corrected chi connectivity index (χ4v) is 3.05. The van der Waals surface area contributed by atoms with Crippen molar-refractivity contribution < 1.29 is 4.74 Å². The smallest absolute Gasteiger partial charge is 0.131 e. The van der Waals surface area contributed by atoms with Gasteiger partial charge in [-0.05, 0) is 25.3 Å². The standard InChI is InChI=1S/C15H21NO/c1-2-3-9-14-12-7-4-5-8-13(12)16-11-6-10-15(16)17-14/h4-5,7-8,14-15H,2-3,6,9-11H2,1H3. The number of ether oxygens (including phenoxy) is 1. The van der Waals surface area contributed by atoms with Gasteiger partial charge in [0.2, 0.25) is 0 Å². The van der Waals surface area contributed by atoms with Crippen LogP contribution in [0, 0.1) is 0 Å². The molecule has 1 aromatic carbocycles. The highest BCUT2D eigenvalue weighted by Crippen LogP contribution is 2.42. The van der Waals surface area contributed by atoms with Gasteiger partial charge in [-0.2, -0.15) is 0 Å². The van der Waals surface area contributed by atoms with Gasteiger partial charge in [-0.15, -0.1) is 0 Å². The number of unbranched alkanes of at least 4 members (excludes halogenated alkanes) is 1. The van der Waals surface area contributed by atoms with Gasteiger partial charge in [0.05, 0.1) is 6.10 Å². The van der Waals surface area contributed by atoms with Gasteiger partial charge in [0.1, 0.15) is 6.23 Å². The van der Waals surface area contributed by atoms with Gasteiger partial charge in [-0.25, -0.2) is 0 Å². The third-order valence-electron chi connectivity index (χ3n) is 3.93. The van der Waals surface area contributed by atoms with Crippen molar-refractivity contribution in [3.05, 3.63) is 29.8 Å². The Morgan fingerprint density at radius 1 is 1.35 bits per heavy atom. The Balaban J connectivity index is 1.90. The zero-order valence-electron chi connectivity index (χ0n) is 10.6. The van der Waals surface area contributed by atoms with Gasteiger partial charge in [0.15, 0.2) is 0 Å². The maximum Gasteiger partial charge on any atom is 0.131 e. The molecule has 0 spiro atoms. The zero-order chi connectivity index (χ0) is 11.7. The van der Waals surface area contributed by atoms with Gasteiger partial charge in [0, 0.05) is 17.8 Å². The molecule has 0 N–H and O–H groups in total. The molecule has 2 nitrogen and oxygen atoms in total. The maximum absolute atomic E-state index is 6.26. The van der Waals surface area contributed by atoms with Crippen molar-refractivity contribution in [3.8, 4) is 0 Å². The SMILES string of the molecule is CCCCC1OC2CCCN2c2ccccc21. The van der Waals surface area contributed by atoms with E-state index in [9.17, 15) is 0 Å². The van der Waals surface area contributed by atoms with E-state index in [1.165, 1.54) is 36.9 Å². The van der Waals surface area contributed by atoms with Gasteiger partial charge < -0.3 is 9.64 Å². The summed E-state index contributed by atoms with van der Waals surface area (Å²) in [4.78, 5) is 2.44. The van der Waals surface area contributed by atoms with Crippen LogP contribution in [0.25, 0.3) is 0 Å². The van der Waals surface area contributed by atoms with Crippen molar-refractivity contribution in [3.63, 3.8) is 0 Å². The van der Waals surface area contributed by atoms with Crippen LogP contribution in [0.2, 0.25) is 0 Å². The zero-order valence-corrected chi connectivity index (χ0v) is 10.6. The number of fused-ring (bicyclic) bond motifs is 3. The number of anilines is 1. The van der Waals surface area contributed by atoms with E-state index in [2.05, 4.69) is 36.1 Å². The Bertz CT molecular complexity index is 390. The molecular weight excluding hydrogens is 210 g/mol. The molecule has 17 heavy (non-hydrogen) atoms. The van der Waals surface area contributed by atoms with E-state index in [1.807, 2.05) is 0 Å². The Labute approximate surface area is 104 Å². The Kier molecular flexibility index (Phi) is 3.06. The Hall–Kier alpha value is -1.02. The third-order valence-corrected chi connectivity index (χ3v) is 3.93. The molecule has 0 amide bonds. The van der Waals surface area contributed by atoms with E-state index < -0.39 is 0 Å². The topological polar surface area (TPSA) is 12.5 Å². The molecule has 0 radical (unpaired) electrons. The minimum atomic E-state index is 0.325. The Morgan fingerprint density at radius 3 is 3.12 bits per heavy atom. The average Bonchev–Trinajstić information content (AvgIpc) is 2.84. The number of para-hydroxylation sites is 1. The highest BCUT2D eigenvalue weighted by atomic mass is 16.5. The molecule has 1 fully saturated rings. The van der Waals surface area contributed by atoms with Crippen LogP contribution >= 0.6 is 0 Å². The van der Waals surface area contributed by atoms with E-state index in [4.69, 9.17) is 4.74 Å². The number of rotatable bonds is 3. The summed E-state index contributed by atoms with van der Waals surface area (Å²) in [7, 11) is 0. The van der Waals surface area contributed by atoms with Crippen LogP contribution < -0.4 is 4.90 Å². The molecule has 2 aliphatic heterocycles. The van der Waals surface area contributed by atoms with E-state index in [0.29, 0.717) is 12.3 Å². The lowest BCUT2D eigenvalue weighted by molar-refractivity contribution is -0.0221. The third kappa shape index (κ3) is 1.95. The lowest BCUT2D eigenvalue weighted by Gasteiger charge is -2.38. The molecule has 3 rings (SSSR count). The van der Waals surface area contributed by atoms with Crippen LogP contribution in [0.3, 0.4) is 0 Å². The van der Waals surface area contributed by atoms with E-state index >= 15 is 0 Å². The summed E-state index contributed by atoms with van der Waals surface area (Å²) in [6.45, 7) is 3.40. The molecule has 0 aromatic heterocycles. The van der Waals surface area contributed by atoms with Crippen molar-refractivity contribution in [2.45, 2.75) is 51.4 Å². The summed E-state index contributed by atoms with van der Waals surface area (Å²) in [6, 6.07) is 8.78. The summed E-state index contributed by atoms with van der Waals surface area (Å²) < 4.78 is 6.26. The molecular formula is C15H21NO. The molecule has 0 saturated carbocycles. The molecule has 1 saturated heterocycles. The fraction of sp³-hybridized carbons (Fsp3) is 0.600. The van der Waals surface area contributed by atoms with Gasteiger partial charge in [-0.3, -0.25) is 0 Å². The maximum atomic E-state index is 6.26. The van der Waals surface area contributed by atoms with Crippen molar-refractivity contribution in [2.75, 3.05) is 11.4 Å². The van der Waals surface area contributed by atoms with Crippen LogP contribution in [0.15, 0.2) is 24.3 Å².